The molecule has 0 saturated carbocycles. The highest BCUT2D eigenvalue weighted by Gasteiger charge is 2.23. The van der Waals surface area contributed by atoms with Crippen molar-refractivity contribution in [1.82, 2.24) is 0 Å². The maximum atomic E-state index is 11.7. The number of carbonyl (C=O) groups excluding carboxylic acids is 2. The third kappa shape index (κ3) is 3.81. The average molecular weight is 372 g/mol. The van der Waals surface area contributed by atoms with Gasteiger partial charge in [-0.1, -0.05) is 6.07 Å². The molecular weight excluding hydrogens is 352 g/mol. The molecule has 0 N–H and O–H groups in total. The monoisotopic (exact) mass is 372 g/mol. The molecule has 0 atom stereocenters. The van der Waals surface area contributed by atoms with Crippen LogP contribution < -0.4 is 14.2 Å². The summed E-state index contributed by atoms with van der Waals surface area (Å²) in [6.45, 7) is 1.85. The van der Waals surface area contributed by atoms with E-state index in [0.717, 1.165) is 16.7 Å². The number of hydrogen-bond acceptors (Lipinski definition) is 7. The SMILES string of the molecule is COc1ccc(-c2ccc3c(c2)COC3=O)c(OCCOC(C)=O)c1OC. The van der Waals surface area contributed by atoms with Crippen molar-refractivity contribution < 1.29 is 33.3 Å². The zero-order valence-electron chi connectivity index (χ0n) is 15.4. The van der Waals surface area contributed by atoms with Crippen molar-refractivity contribution in [3.05, 3.63) is 41.5 Å². The summed E-state index contributed by atoms with van der Waals surface area (Å²) < 4.78 is 26.7. The predicted octanol–water partition coefficient (Wildman–Crippen LogP) is 2.98. The lowest BCUT2D eigenvalue weighted by Gasteiger charge is -2.18. The molecule has 1 aliphatic heterocycles. The van der Waals surface area contributed by atoms with Crippen LogP contribution in [0.15, 0.2) is 30.3 Å². The van der Waals surface area contributed by atoms with Gasteiger partial charge in [-0.2, -0.15) is 0 Å². The molecule has 0 bridgehead atoms. The van der Waals surface area contributed by atoms with E-state index >= 15 is 0 Å². The molecule has 27 heavy (non-hydrogen) atoms. The Morgan fingerprint density at radius 1 is 1.04 bits per heavy atom. The third-order valence-electron chi connectivity index (χ3n) is 4.13. The van der Waals surface area contributed by atoms with E-state index in [4.69, 9.17) is 23.7 Å². The Morgan fingerprint density at radius 3 is 2.52 bits per heavy atom. The van der Waals surface area contributed by atoms with Gasteiger partial charge >= 0.3 is 11.9 Å². The van der Waals surface area contributed by atoms with Crippen LogP contribution in [0.1, 0.15) is 22.8 Å². The van der Waals surface area contributed by atoms with Crippen molar-refractivity contribution in [2.24, 2.45) is 0 Å². The van der Waals surface area contributed by atoms with Gasteiger partial charge in [0.25, 0.3) is 0 Å². The summed E-state index contributed by atoms with van der Waals surface area (Å²) in [6.07, 6.45) is 0. The largest absolute Gasteiger partial charge is 0.493 e. The molecule has 0 spiro atoms. The van der Waals surface area contributed by atoms with E-state index in [2.05, 4.69) is 0 Å². The minimum Gasteiger partial charge on any atom is -0.493 e. The molecular formula is C20H20O7. The predicted molar refractivity (Wildman–Crippen MR) is 96.2 cm³/mol. The lowest BCUT2D eigenvalue weighted by molar-refractivity contribution is -0.141. The molecule has 2 aromatic rings. The van der Waals surface area contributed by atoms with Gasteiger partial charge in [0.05, 0.1) is 19.8 Å². The molecule has 0 radical (unpaired) electrons. The quantitative estimate of drug-likeness (QED) is 0.546. The second-order valence-corrected chi connectivity index (χ2v) is 5.81. The first-order valence-corrected chi connectivity index (χ1v) is 8.36. The van der Waals surface area contributed by atoms with Crippen LogP contribution in [-0.4, -0.2) is 39.4 Å². The minimum atomic E-state index is -0.375. The van der Waals surface area contributed by atoms with Gasteiger partial charge in [0.15, 0.2) is 11.5 Å². The molecule has 0 amide bonds. The van der Waals surface area contributed by atoms with Crippen LogP contribution in [0.4, 0.5) is 0 Å². The molecule has 0 fully saturated rings. The van der Waals surface area contributed by atoms with E-state index < -0.39 is 0 Å². The summed E-state index contributed by atoms with van der Waals surface area (Å²) in [5.74, 6) is 0.727. The van der Waals surface area contributed by atoms with Gasteiger partial charge in [0, 0.05) is 18.1 Å². The summed E-state index contributed by atoms with van der Waals surface area (Å²) in [5.41, 5.74) is 2.99. The summed E-state index contributed by atoms with van der Waals surface area (Å²) in [7, 11) is 3.06. The molecule has 1 aliphatic rings. The van der Waals surface area contributed by atoms with Gasteiger partial charge < -0.3 is 23.7 Å². The van der Waals surface area contributed by atoms with Crippen LogP contribution in [0.25, 0.3) is 11.1 Å². The fraction of sp³-hybridized carbons (Fsp3) is 0.300. The van der Waals surface area contributed by atoms with E-state index in [1.165, 1.54) is 14.0 Å². The van der Waals surface area contributed by atoms with Gasteiger partial charge in [0.2, 0.25) is 5.75 Å². The van der Waals surface area contributed by atoms with Crippen LogP contribution in [-0.2, 0) is 20.9 Å². The lowest BCUT2D eigenvalue weighted by Crippen LogP contribution is -2.11. The number of carbonyl (C=O) groups is 2. The number of benzene rings is 2. The van der Waals surface area contributed by atoms with E-state index in [-0.39, 0.29) is 31.8 Å². The molecule has 0 saturated heterocycles. The maximum absolute atomic E-state index is 11.7. The summed E-state index contributed by atoms with van der Waals surface area (Å²) in [5, 5.41) is 0. The molecule has 1 heterocycles. The maximum Gasteiger partial charge on any atom is 0.338 e. The van der Waals surface area contributed by atoms with Crippen molar-refractivity contribution in [2.45, 2.75) is 13.5 Å². The number of rotatable bonds is 7. The Bertz CT molecular complexity index is 873. The first-order chi connectivity index (χ1) is 13.0. The smallest absolute Gasteiger partial charge is 0.338 e. The van der Waals surface area contributed by atoms with Gasteiger partial charge in [-0.3, -0.25) is 4.79 Å². The Labute approximate surface area is 156 Å². The molecule has 7 heteroatoms. The second kappa shape index (κ2) is 7.99. The zero-order chi connectivity index (χ0) is 19.4. The molecule has 0 unspecified atom stereocenters. The van der Waals surface area contributed by atoms with Gasteiger partial charge in [-0.15, -0.1) is 0 Å². The van der Waals surface area contributed by atoms with Crippen molar-refractivity contribution in [1.29, 1.82) is 0 Å². The molecule has 7 nitrogen and oxygen atoms in total. The molecule has 3 rings (SSSR count). The van der Waals surface area contributed by atoms with Crippen LogP contribution >= 0.6 is 0 Å². The summed E-state index contributed by atoms with van der Waals surface area (Å²) >= 11 is 0. The standard InChI is InChI=1S/C20H20O7/c1-12(21)25-8-9-26-18-15(6-7-17(23-2)19(18)24-3)13-4-5-16-14(10-13)11-27-20(16)22/h4-7,10H,8-9,11H2,1-3H3. The number of cyclic esters (lactones) is 1. The van der Waals surface area contributed by atoms with Gasteiger partial charge in [-0.25, -0.2) is 4.79 Å². The summed E-state index contributed by atoms with van der Waals surface area (Å²) in [6, 6.07) is 9.08. The van der Waals surface area contributed by atoms with Gasteiger partial charge in [-0.05, 0) is 29.8 Å². The lowest BCUT2D eigenvalue weighted by atomic mass is 9.99. The van der Waals surface area contributed by atoms with Crippen molar-refractivity contribution >= 4 is 11.9 Å². The zero-order valence-corrected chi connectivity index (χ0v) is 15.4. The normalized spacial score (nSPS) is 12.2. The minimum absolute atomic E-state index is 0.113. The number of esters is 2. The van der Waals surface area contributed by atoms with Crippen LogP contribution in [0.5, 0.6) is 17.2 Å². The fourth-order valence-electron chi connectivity index (χ4n) is 2.90. The third-order valence-corrected chi connectivity index (χ3v) is 4.13. The highest BCUT2D eigenvalue weighted by Crippen LogP contribution is 2.45. The number of fused-ring (bicyclic) bond motifs is 1. The Morgan fingerprint density at radius 2 is 1.81 bits per heavy atom. The topological polar surface area (TPSA) is 80.3 Å². The highest BCUT2D eigenvalue weighted by atomic mass is 16.6. The Kier molecular flexibility index (Phi) is 5.49. The van der Waals surface area contributed by atoms with Gasteiger partial charge in [0.1, 0.15) is 19.8 Å². The van der Waals surface area contributed by atoms with E-state index in [9.17, 15) is 9.59 Å². The van der Waals surface area contributed by atoms with Crippen molar-refractivity contribution in [2.75, 3.05) is 27.4 Å². The van der Waals surface area contributed by atoms with Crippen LogP contribution in [0.2, 0.25) is 0 Å². The Balaban J connectivity index is 1.98. The van der Waals surface area contributed by atoms with Crippen molar-refractivity contribution in [3.63, 3.8) is 0 Å². The van der Waals surface area contributed by atoms with Crippen molar-refractivity contribution in [3.8, 4) is 28.4 Å². The number of hydrogen-bond donors (Lipinski definition) is 0. The average Bonchev–Trinajstić information content (AvgIpc) is 3.04. The van der Waals surface area contributed by atoms with Crippen LogP contribution in [0, 0.1) is 0 Å². The van der Waals surface area contributed by atoms with Crippen LogP contribution in [0.3, 0.4) is 0 Å². The van der Waals surface area contributed by atoms with E-state index in [0.29, 0.717) is 22.8 Å². The fourth-order valence-corrected chi connectivity index (χ4v) is 2.90. The first kappa shape index (κ1) is 18.6. The van der Waals surface area contributed by atoms with E-state index in [1.807, 2.05) is 18.2 Å². The molecule has 0 aliphatic carbocycles. The molecule has 2 aromatic carbocycles. The number of methoxy groups -OCH3 is 2. The molecule has 0 aromatic heterocycles. The van der Waals surface area contributed by atoms with E-state index in [1.54, 1.807) is 19.2 Å². The highest BCUT2D eigenvalue weighted by molar-refractivity contribution is 5.94. The summed E-state index contributed by atoms with van der Waals surface area (Å²) in [4.78, 5) is 22.6. The molecule has 142 valence electrons. The second-order valence-electron chi connectivity index (χ2n) is 5.81. The Hall–Kier alpha value is -3.22. The first-order valence-electron chi connectivity index (χ1n) is 8.36. The number of ether oxygens (including phenoxy) is 5.